The smallest absolute Gasteiger partial charge is 0.201 e. The summed E-state index contributed by atoms with van der Waals surface area (Å²) in [5.41, 5.74) is 2.08. The highest BCUT2D eigenvalue weighted by molar-refractivity contribution is 7.70. The molecule has 1 atom stereocenters. The maximum atomic E-state index is 10.6. The van der Waals surface area contributed by atoms with Gasteiger partial charge in [-0.05, 0) is 30.0 Å². The van der Waals surface area contributed by atoms with Gasteiger partial charge in [-0.2, -0.15) is 0 Å². The van der Waals surface area contributed by atoms with Gasteiger partial charge in [0.15, 0.2) is 0 Å². The van der Waals surface area contributed by atoms with Gasteiger partial charge in [0.05, 0.1) is 0 Å². The molecule has 0 radical (unpaired) electrons. The number of thiol groups is 1. The Morgan fingerprint density at radius 2 is 2.21 bits per heavy atom. The van der Waals surface area contributed by atoms with E-state index in [1.807, 2.05) is 12.1 Å². The minimum atomic E-state index is -2.56. The van der Waals surface area contributed by atoms with Crippen molar-refractivity contribution in [2.45, 2.75) is 18.9 Å². The molecule has 1 aliphatic rings. The maximum Gasteiger partial charge on any atom is 0.201 e. The lowest BCUT2D eigenvalue weighted by atomic mass is 10.1. The molecule has 0 heterocycles. The fourth-order valence-corrected chi connectivity index (χ4v) is 2.73. The quantitative estimate of drug-likeness (QED) is 0.757. The molecular formula is C9H10ClNO2S. The summed E-state index contributed by atoms with van der Waals surface area (Å²) in [5.74, 6) is 0. The molecule has 1 aliphatic carbocycles. The summed E-state index contributed by atoms with van der Waals surface area (Å²) < 4.78 is 23.6. The monoisotopic (exact) mass is 231 g/mol. The van der Waals surface area contributed by atoms with Crippen LogP contribution in [0.2, 0.25) is 5.02 Å². The Hall–Kier alpha value is -0.580. The highest BCUT2D eigenvalue weighted by atomic mass is 35.5. The van der Waals surface area contributed by atoms with Gasteiger partial charge in [-0.15, -0.1) is 0 Å². The molecule has 76 valence electrons. The average molecular weight is 232 g/mol. The molecule has 1 aromatic rings. The van der Waals surface area contributed by atoms with Crippen LogP contribution in [0, 0.1) is 0 Å². The van der Waals surface area contributed by atoms with E-state index in [-0.39, 0.29) is 6.04 Å². The molecule has 14 heavy (non-hydrogen) atoms. The zero-order chi connectivity index (χ0) is 10.1. The zero-order valence-electron chi connectivity index (χ0n) is 7.37. The van der Waals surface area contributed by atoms with Crippen molar-refractivity contribution in [2.24, 2.45) is 0 Å². The summed E-state index contributed by atoms with van der Waals surface area (Å²) in [5, 5.41) is 0.648. The Bertz CT molecular complexity index is 423. The number of hydrogen-bond acceptors (Lipinski definition) is 2. The first-order valence-electron chi connectivity index (χ1n) is 4.36. The third kappa shape index (κ3) is 1.78. The van der Waals surface area contributed by atoms with E-state index in [4.69, 9.17) is 11.6 Å². The minimum absolute atomic E-state index is 0.139. The average Bonchev–Trinajstić information content (AvgIpc) is 2.49. The van der Waals surface area contributed by atoms with Crippen molar-refractivity contribution < 1.29 is 8.42 Å². The van der Waals surface area contributed by atoms with Gasteiger partial charge in [0.1, 0.15) is 0 Å². The third-order valence-corrected chi connectivity index (χ3v) is 3.31. The predicted octanol–water partition coefficient (Wildman–Crippen LogP) is 1.44. The second-order valence-electron chi connectivity index (χ2n) is 3.29. The van der Waals surface area contributed by atoms with Crippen LogP contribution in [-0.4, -0.2) is 8.42 Å². The van der Waals surface area contributed by atoms with Crippen molar-refractivity contribution in [3.8, 4) is 0 Å². The Balaban J connectivity index is 2.37. The molecule has 0 amide bonds. The molecule has 0 fully saturated rings. The number of halogens is 1. The molecule has 0 bridgehead atoms. The van der Waals surface area contributed by atoms with Crippen molar-refractivity contribution in [3.05, 3.63) is 34.3 Å². The Kier molecular flexibility index (Phi) is 2.76. The molecule has 3 nitrogen and oxygen atoms in total. The lowest BCUT2D eigenvalue weighted by molar-refractivity contribution is 0.573. The number of hydrogen-bond donors (Lipinski definition) is 2. The molecule has 1 N–H and O–H groups in total. The van der Waals surface area contributed by atoms with Crippen molar-refractivity contribution in [1.29, 1.82) is 0 Å². The highest BCUT2D eigenvalue weighted by Crippen LogP contribution is 2.35. The fraction of sp³-hybridized carbons (Fsp3) is 0.333. The molecule has 0 saturated heterocycles. The molecule has 0 aromatic heterocycles. The van der Waals surface area contributed by atoms with E-state index in [0.29, 0.717) is 5.02 Å². The van der Waals surface area contributed by atoms with Gasteiger partial charge in [-0.3, -0.25) is 0 Å². The predicted molar refractivity (Wildman–Crippen MR) is 56.0 cm³/mol. The Morgan fingerprint density at radius 1 is 1.43 bits per heavy atom. The van der Waals surface area contributed by atoms with Crippen LogP contribution in [0.3, 0.4) is 0 Å². The molecule has 0 spiro atoms. The molecule has 1 aromatic carbocycles. The lowest BCUT2D eigenvalue weighted by Gasteiger charge is -2.10. The number of rotatable bonds is 2. The van der Waals surface area contributed by atoms with Gasteiger partial charge in [0.2, 0.25) is 10.9 Å². The Morgan fingerprint density at radius 3 is 2.93 bits per heavy atom. The first kappa shape index (κ1) is 9.96. The number of nitrogens with one attached hydrogen (secondary N) is 1. The summed E-state index contributed by atoms with van der Waals surface area (Å²) in [6.45, 7) is 0. The van der Waals surface area contributed by atoms with Crippen molar-refractivity contribution >= 4 is 22.5 Å². The van der Waals surface area contributed by atoms with Gasteiger partial charge in [0.25, 0.3) is 0 Å². The number of fused-ring (bicyclic) bond motifs is 1. The van der Waals surface area contributed by atoms with E-state index < -0.39 is 10.9 Å². The second kappa shape index (κ2) is 3.88. The van der Waals surface area contributed by atoms with Crippen LogP contribution in [0.15, 0.2) is 18.2 Å². The van der Waals surface area contributed by atoms with Crippen LogP contribution in [0.5, 0.6) is 0 Å². The number of benzene rings is 1. The Labute approximate surface area is 89.2 Å². The summed E-state index contributed by atoms with van der Waals surface area (Å²) in [6.07, 6.45) is 1.68. The van der Waals surface area contributed by atoms with Gasteiger partial charge >= 0.3 is 0 Å². The molecule has 0 aliphatic heterocycles. The van der Waals surface area contributed by atoms with Gasteiger partial charge < -0.3 is 0 Å². The summed E-state index contributed by atoms with van der Waals surface area (Å²) in [7, 11) is -2.56. The van der Waals surface area contributed by atoms with Crippen LogP contribution in [0.25, 0.3) is 0 Å². The first-order chi connectivity index (χ1) is 6.68. The van der Waals surface area contributed by atoms with E-state index in [9.17, 15) is 8.42 Å². The minimum Gasteiger partial charge on any atom is -0.215 e. The summed E-state index contributed by atoms with van der Waals surface area (Å²) in [4.78, 5) is 0. The standard InChI is InChI=1S/C9H10ClNO2S/c10-7-3-1-2-6-4-5-8(9(6)7)11-14(12)13/h1-3,8,14H,4-5H2,(H,11,12,13). The molecular weight excluding hydrogens is 222 g/mol. The maximum absolute atomic E-state index is 10.6. The molecule has 1 unspecified atom stereocenters. The van der Waals surface area contributed by atoms with Gasteiger partial charge in [-0.1, -0.05) is 23.7 Å². The van der Waals surface area contributed by atoms with E-state index in [2.05, 4.69) is 4.72 Å². The highest BCUT2D eigenvalue weighted by Gasteiger charge is 2.24. The van der Waals surface area contributed by atoms with Crippen molar-refractivity contribution in [1.82, 2.24) is 4.72 Å². The normalized spacial score (nSPS) is 20.0. The van der Waals surface area contributed by atoms with Crippen LogP contribution >= 0.6 is 11.6 Å². The van der Waals surface area contributed by atoms with E-state index in [0.717, 1.165) is 24.0 Å². The van der Waals surface area contributed by atoms with Crippen molar-refractivity contribution in [3.63, 3.8) is 0 Å². The fourth-order valence-electron chi connectivity index (χ4n) is 1.89. The first-order valence-corrected chi connectivity index (χ1v) is 5.92. The van der Waals surface area contributed by atoms with Crippen LogP contribution in [0.4, 0.5) is 0 Å². The topological polar surface area (TPSA) is 46.2 Å². The summed E-state index contributed by atoms with van der Waals surface area (Å²) >= 11 is 6.01. The summed E-state index contributed by atoms with van der Waals surface area (Å²) in [6, 6.07) is 5.53. The zero-order valence-corrected chi connectivity index (χ0v) is 9.02. The van der Waals surface area contributed by atoms with Crippen LogP contribution in [-0.2, 0) is 17.3 Å². The SMILES string of the molecule is O=[SH](=O)NC1CCc2cccc(Cl)c21. The number of aryl methyl sites for hydroxylation is 1. The molecule has 5 heteroatoms. The lowest BCUT2D eigenvalue weighted by Crippen LogP contribution is -2.17. The van der Waals surface area contributed by atoms with Crippen LogP contribution in [0.1, 0.15) is 23.6 Å². The van der Waals surface area contributed by atoms with E-state index >= 15 is 0 Å². The largest absolute Gasteiger partial charge is 0.215 e. The van der Waals surface area contributed by atoms with Gasteiger partial charge in [0, 0.05) is 11.1 Å². The van der Waals surface area contributed by atoms with E-state index in [1.165, 1.54) is 0 Å². The van der Waals surface area contributed by atoms with Gasteiger partial charge in [-0.25, -0.2) is 13.1 Å². The molecule has 0 saturated carbocycles. The molecule has 2 rings (SSSR count). The van der Waals surface area contributed by atoms with Crippen LogP contribution < -0.4 is 4.72 Å². The second-order valence-corrected chi connectivity index (χ2v) is 4.47. The third-order valence-electron chi connectivity index (χ3n) is 2.46. The van der Waals surface area contributed by atoms with Crippen molar-refractivity contribution in [2.75, 3.05) is 0 Å². The van der Waals surface area contributed by atoms with E-state index in [1.54, 1.807) is 6.07 Å².